The summed E-state index contributed by atoms with van der Waals surface area (Å²) < 4.78 is 34.4. The third kappa shape index (κ3) is 8.31. The van der Waals surface area contributed by atoms with Gasteiger partial charge >= 0.3 is 5.97 Å². The number of nitrogens with one attached hydrogen (secondary N) is 1. The number of ether oxygens (including phenoxy) is 1. The highest BCUT2D eigenvalue weighted by Crippen LogP contribution is 2.30. The Labute approximate surface area is 252 Å². The molecule has 0 aliphatic carbocycles. The van der Waals surface area contributed by atoms with Gasteiger partial charge in [0.1, 0.15) is 17.1 Å². The second kappa shape index (κ2) is 14.1. The number of anilines is 1. The predicted molar refractivity (Wildman–Crippen MR) is 168 cm³/mol. The number of nitrogens with two attached hydrogens (primary N) is 1. The summed E-state index contributed by atoms with van der Waals surface area (Å²) in [5, 5.41) is 21.2. The first-order valence-electron chi connectivity index (χ1n) is 13.3. The molecule has 0 bridgehead atoms. The zero-order valence-electron chi connectivity index (χ0n) is 24.6. The van der Waals surface area contributed by atoms with E-state index < -0.39 is 17.7 Å². The number of aryl methyl sites for hydroxylation is 1. The highest BCUT2D eigenvalue weighted by atomic mass is 19.3. The lowest BCUT2D eigenvalue weighted by atomic mass is 10.00. The molecule has 4 aromatic rings. The molecule has 230 valence electrons. The van der Waals surface area contributed by atoms with Crippen molar-refractivity contribution in [3.8, 4) is 5.75 Å². The smallest absolute Gasteiger partial charge is 0.337 e. The summed E-state index contributed by atoms with van der Waals surface area (Å²) in [7, 11) is 1.59. The Hall–Kier alpha value is -5.45. The van der Waals surface area contributed by atoms with E-state index in [0.717, 1.165) is 5.56 Å². The van der Waals surface area contributed by atoms with Crippen molar-refractivity contribution in [2.45, 2.75) is 32.7 Å². The molecule has 0 fully saturated rings. The minimum Gasteiger partial charge on any atom is -0.507 e. The number of fused-ring (bicyclic) bond motifs is 1. The number of carboxylic acids is 1. The number of aliphatic hydroxyl groups excluding tert-OH is 1. The lowest BCUT2D eigenvalue weighted by molar-refractivity contribution is 0.0197. The zero-order chi connectivity index (χ0) is 32.6. The summed E-state index contributed by atoms with van der Waals surface area (Å²) in [6.45, 7) is 6.98. The number of halogens is 2. The molecule has 0 saturated heterocycles. The van der Waals surface area contributed by atoms with Crippen molar-refractivity contribution < 1.29 is 32.9 Å². The van der Waals surface area contributed by atoms with E-state index in [9.17, 15) is 23.5 Å². The van der Waals surface area contributed by atoms with Crippen LogP contribution in [0.3, 0.4) is 0 Å². The van der Waals surface area contributed by atoms with Gasteiger partial charge in [0.2, 0.25) is 0 Å². The highest BCUT2D eigenvalue weighted by molar-refractivity contribution is 6.09. The summed E-state index contributed by atoms with van der Waals surface area (Å²) >= 11 is 0. The summed E-state index contributed by atoms with van der Waals surface area (Å²) in [6.07, 6.45) is 2.86. The standard InChI is InChI=1S/C29H27N3O5.C4H6F2O/c1-17-12-23(18(2)32-25-7-5-4-6-22(25)29(34)35)28-24(13-17)26(33)14-27(37-28)19(15-30)16-31-20-8-10-21(36-3)11-9-20;1-3(7)4(2,5)6/h4-16,18,32H,30H2,1-3H3,(H,34,35);7H,1H2,2H3/b19-15+,31-16?;. The first-order valence-corrected chi connectivity index (χ1v) is 13.3. The first kappa shape index (κ1) is 33.1. The molecular formula is C33H33F2N3O6. The van der Waals surface area contributed by atoms with E-state index in [1.54, 1.807) is 55.6 Å². The Morgan fingerprint density at radius 1 is 1.14 bits per heavy atom. The number of alkyl halides is 2. The molecule has 0 saturated carbocycles. The SMILES string of the molecule is C=C(O)C(C)(F)F.COc1ccc(N=C/C(=C\N)c2cc(=O)c3cc(C)cc(C(C)Nc4ccccc4C(=O)O)c3o2)cc1. The van der Waals surface area contributed by atoms with E-state index in [-0.39, 0.29) is 22.8 Å². The second-order valence-electron chi connectivity index (χ2n) is 9.84. The minimum absolute atomic E-state index is 0.150. The molecule has 1 aromatic heterocycles. The first-order chi connectivity index (χ1) is 20.7. The number of para-hydroxylation sites is 1. The van der Waals surface area contributed by atoms with Gasteiger partial charge < -0.3 is 30.4 Å². The van der Waals surface area contributed by atoms with Crippen LogP contribution in [-0.2, 0) is 0 Å². The van der Waals surface area contributed by atoms with Crippen molar-refractivity contribution in [2.24, 2.45) is 10.7 Å². The van der Waals surface area contributed by atoms with Crippen molar-refractivity contribution in [3.05, 3.63) is 118 Å². The number of aromatic carboxylic acids is 1. The normalized spacial score (nSPS) is 12.4. The van der Waals surface area contributed by atoms with Gasteiger partial charge in [0.15, 0.2) is 11.2 Å². The van der Waals surface area contributed by atoms with Gasteiger partial charge in [0.05, 0.1) is 35.4 Å². The highest BCUT2D eigenvalue weighted by Gasteiger charge is 2.24. The van der Waals surface area contributed by atoms with E-state index in [1.165, 1.54) is 24.5 Å². The third-order valence-corrected chi connectivity index (χ3v) is 6.39. The number of hydrogen-bond donors (Lipinski definition) is 4. The monoisotopic (exact) mass is 605 g/mol. The molecule has 3 aromatic carbocycles. The largest absolute Gasteiger partial charge is 0.507 e. The Balaban J connectivity index is 0.000000676. The molecule has 1 heterocycles. The number of carbonyl (C=O) groups is 1. The van der Waals surface area contributed by atoms with Crippen LogP contribution in [0.5, 0.6) is 5.75 Å². The van der Waals surface area contributed by atoms with Crippen LogP contribution in [0, 0.1) is 6.92 Å². The van der Waals surface area contributed by atoms with Crippen LogP contribution in [0.1, 0.15) is 47.1 Å². The Morgan fingerprint density at radius 2 is 1.77 bits per heavy atom. The fourth-order valence-corrected chi connectivity index (χ4v) is 4.01. The summed E-state index contributed by atoms with van der Waals surface area (Å²) in [5.41, 5.74) is 9.33. The minimum atomic E-state index is -3.14. The number of carboxylic acid groups (broad SMARTS) is 1. The predicted octanol–water partition coefficient (Wildman–Crippen LogP) is 7.40. The molecule has 44 heavy (non-hydrogen) atoms. The molecule has 0 spiro atoms. The number of aliphatic hydroxyl groups is 1. The molecular weight excluding hydrogens is 572 g/mol. The van der Waals surface area contributed by atoms with E-state index in [4.69, 9.17) is 20.0 Å². The van der Waals surface area contributed by atoms with Gasteiger partial charge in [-0.3, -0.25) is 9.79 Å². The van der Waals surface area contributed by atoms with Crippen LogP contribution < -0.4 is 21.2 Å². The molecule has 5 N–H and O–H groups in total. The van der Waals surface area contributed by atoms with Crippen molar-refractivity contribution >= 4 is 40.1 Å². The van der Waals surface area contributed by atoms with Gasteiger partial charge in [-0.05, 0) is 61.9 Å². The fourth-order valence-electron chi connectivity index (χ4n) is 4.01. The Bertz CT molecular complexity index is 1770. The van der Waals surface area contributed by atoms with Gasteiger partial charge in [-0.1, -0.05) is 24.8 Å². The van der Waals surface area contributed by atoms with Crippen LogP contribution in [-0.4, -0.2) is 35.4 Å². The van der Waals surface area contributed by atoms with Gasteiger partial charge in [-0.25, -0.2) is 4.79 Å². The van der Waals surface area contributed by atoms with E-state index in [0.29, 0.717) is 46.2 Å². The van der Waals surface area contributed by atoms with Gasteiger partial charge in [0.25, 0.3) is 5.92 Å². The topological polar surface area (TPSA) is 147 Å². The van der Waals surface area contributed by atoms with Crippen LogP contribution in [0.2, 0.25) is 0 Å². The van der Waals surface area contributed by atoms with Crippen LogP contribution >= 0.6 is 0 Å². The van der Waals surface area contributed by atoms with Crippen molar-refractivity contribution in [1.29, 1.82) is 0 Å². The zero-order valence-corrected chi connectivity index (χ0v) is 24.6. The molecule has 9 nitrogen and oxygen atoms in total. The molecule has 1 unspecified atom stereocenters. The van der Waals surface area contributed by atoms with Crippen molar-refractivity contribution in [1.82, 2.24) is 0 Å². The number of nitrogens with zero attached hydrogens (tertiary/aromatic N) is 1. The molecule has 11 heteroatoms. The van der Waals surface area contributed by atoms with Crippen LogP contribution in [0.4, 0.5) is 20.2 Å². The Kier molecular flexibility index (Phi) is 10.6. The maximum Gasteiger partial charge on any atom is 0.337 e. The quantitative estimate of drug-likeness (QED) is 0.114. The molecule has 0 aliphatic heterocycles. The Morgan fingerprint density at radius 3 is 2.34 bits per heavy atom. The number of benzene rings is 3. The van der Waals surface area contributed by atoms with Crippen molar-refractivity contribution in [2.75, 3.05) is 12.4 Å². The van der Waals surface area contributed by atoms with E-state index in [1.807, 2.05) is 19.9 Å². The third-order valence-electron chi connectivity index (χ3n) is 6.39. The van der Waals surface area contributed by atoms with Gasteiger partial charge in [-0.2, -0.15) is 8.78 Å². The number of rotatable bonds is 9. The van der Waals surface area contributed by atoms with Gasteiger partial charge in [-0.15, -0.1) is 0 Å². The summed E-state index contributed by atoms with van der Waals surface area (Å²) in [4.78, 5) is 29.2. The maximum absolute atomic E-state index is 13.1. The second-order valence-corrected chi connectivity index (χ2v) is 9.84. The lowest BCUT2D eigenvalue weighted by Gasteiger charge is -2.19. The average Bonchev–Trinajstić information content (AvgIpc) is 2.97. The maximum atomic E-state index is 13.1. The molecule has 0 aliphatic rings. The van der Waals surface area contributed by atoms with E-state index in [2.05, 4.69) is 16.9 Å². The summed E-state index contributed by atoms with van der Waals surface area (Å²) in [5.74, 6) is -4.29. The number of methoxy groups -OCH3 is 1. The van der Waals surface area contributed by atoms with Gasteiger partial charge in [0, 0.05) is 36.7 Å². The van der Waals surface area contributed by atoms with Crippen LogP contribution in [0.25, 0.3) is 16.5 Å². The fraction of sp³-hybridized carbons (Fsp3) is 0.182. The number of allylic oxidation sites excluding steroid dienone is 2. The summed E-state index contributed by atoms with van der Waals surface area (Å²) in [6, 6.07) is 18.5. The van der Waals surface area contributed by atoms with E-state index >= 15 is 0 Å². The average molecular weight is 606 g/mol. The number of hydrogen-bond acceptors (Lipinski definition) is 8. The van der Waals surface area contributed by atoms with Crippen LogP contribution in [0.15, 0.2) is 99.5 Å². The molecule has 4 rings (SSSR count). The lowest BCUT2D eigenvalue weighted by Crippen LogP contribution is -2.13. The van der Waals surface area contributed by atoms with Crippen molar-refractivity contribution in [3.63, 3.8) is 0 Å². The molecule has 0 amide bonds. The molecule has 0 radical (unpaired) electrons. The molecule has 1 atom stereocenters. The number of aliphatic imine (C=N–C) groups is 1.